The van der Waals surface area contributed by atoms with Crippen molar-refractivity contribution < 1.29 is 4.79 Å². The number of carbonyl (C=O) groups excluding carboxylic acids is 1. The molecule has 1 aliphatic heterocycles. The second kappa shape index (κ2) is 7.27. The van der Waals surface area contributed by atoms with E-state index >= 15 is 0 Å². The molecular weight excluding hydrogens is 314 g/mol. The molecule has 6 heteroatoms. The van der Waals surface area contributed by atoms with E-state index in [1.54, 1.807) is 0 Å². The number of aromatic nitrogens is 2. The average Bonchev–Trinajstić information content (AvgIpc) is 2.90. The van der Waals surface area contributed by atoms with Crippen molar-refractivity contribution in [3.63, 3.8) is 0 Å². The van der Waals surface area contributed by atoms with Gasteiger partial charge in [0.15, 0.2) is 0 Å². The average molecular weight is 341 g/mol. The number of anilines is 2. The van der Waals surface area contributed by atoms with E-state index in [1.165, 1.54) is 5.69 Å². The lowest BCUT2D eigenvalue weighted by Crippen LogP contribution is -2.44. The molecule has 1 aliphatic rings. The summed E-state index contributed by atoms with van der Waals surface area (Å²) in [6.07, 6.45) is 0. The third-order valence-electron chi connectivity index (χ3n) is 4.90. The van der Waals surface area contributed by atoms with Crippen molar-refractivity contribution in [3.05, 3.63) is 41.2 Å². The Balaban J connectivity index is 1.69. The summed E-state index contributed by atoms with van der Waals surface area (Å²) in [6.45, 7) is 10.8. The van der Waals surface area contributed by atoms with Gasteiger partial charge in [0.1, 0.15) is 0 Å². The van der Waals surface area contributed by atoms with Crippen LogP contribution in [0.3, 0.4) is 0 Å². The third-order valence-corrected chi connectivity index (χ3v) is 4.90. The number of hydrogen-bond acceptors (Lipinski definition) is 4. The SMILES string of the molecule is CCn1nc(C)c(C(=O)Nc2ccc(N3CCN(C)CC3)cc2)c1C. The standard InChI is InChI=1S/C19H27N5O/c1-5-24-15(3)18(14(2)21-24)19(25)20-16-6-8-17(9-7-16)23-12-10-22(4)11-13-23/h6-9H,5,10-13H2,1-4H3,(H,20,25). The first-order chi connectivity index (χ1) is 12.0. The molecule has 0 bridgehead atoms. The predicted octanol–water partition coefficient (Wildman–Crippen LogP) is 2.52. The minimum Gasteiger partial charge on any atom is -0.369 e. The van der Waals surface area contributed by atoms with Gasteiger partial charge in [-0.2, -0.15) is 5.10 Å². The van der Waals surface area contributed by atoms with Gasteiger partial charge in [-0.05, 0) is 52.1 Å². The Morgan fingerprint density at radius 1 is 1.12 bits per heavy atom. The van der Waals surface area contributed by atoms with Crippen LogP contribution < -0.4 is 10.2 Å². The zero-order valence-corrected chi connectivity index (χ0v) is 15.5. The maximum absolute atomic E-state index is 12.6. The summed E-state index contributed by atoms with van der Waals surface area (Å²) in [5.74, 6) is -0.0953. The van der Waals surface area contributed by atoms with Gasteiger partial charge < -0.3 is 15.1 Å². The van der Waals surface area contributed by atoms with E-state index in [1.807, 2.05) is 37.6 Å². The van der Waals surface area contributed by atoms with Crippen LogP contribution in [0.15, 0.2) is 24.3 Å². The first-order valence-electron chi connectivity index (χ1n) is 8.88. The Bertz CT molecular complexity index is 742. The molecule has 0 atom stereocenters. The van der Waals surface area contributed by atoms with Crippen molar-refractivity contribution >= 4 is 17.3 Å². The molecular formula is C19H27N5O. The van der Waals surface area contributed by atoms with E-state index < -0.39 is 0 Å². The van der Waals surface area contributed by atoms with Gasteiger partial charge in [-0.15, -0.1) is 0 Å². The molecule has 1 fully saturated rings. The number of hydrogen-bond donors (Lipinski definition) is 1. The molecule has 25 heavy (non-hydrogen) atoms. The third kappa shape index (κ3) is 3.69. The molecule has 0 radical (unpaired) electrons. The van der Waals surface area contributed by atoms with Gasteiger partial charge in [0.05, 0.1) is 11.3 Å². The number of nitrogens with one attached hydrogen (secondary N) is 1. The van der Waals surface area contributed by atoms with Crippen LogP contribution in [-0.4, -0.2) is 53.8 Å². The van der Waals surface area contributed by atoms with Crippen LogP contribution in [0.4, 0.5) is 11.4 Å². The molecule has 1 aromatic heterocycles. The fourth-order valence-corrected chi connectivity index (χ4v) is 3.35. The zero-order valence-electron chi connectivity index (χ0n) is 15.5. The van der Waals surface area contributed by atoms with Gasteiger partial charge in [0.25, 0.3) is 5.91 Å². The van der Waals surface area contributed by atoms with Gasteiger partial charge >= 0.3 is 0 Å². The number of likely N-dealkylation sites (N-methyl/N-ethyl adjacent to an activating group) is 1. The number of rotatable bonds is 4. The molecule has 6 nitrogen and oxygen atoms in total. The monoisotopic (exact) mass is 341 g/mol. The van der Waals surface area contributed by atoms with Crippen LogP contribution in [-0.2, 0) is 6.54 Å². The lowest BCUT2D eigenvalue weighted by molar-refractivity contribution is 0.102. The lowest BCUT2D eigenvalue weighted by Gasteiger charge is -2.34. The van der Waals surface area contributed by atoms with Crippen molar-refractivity contribution in [1.82, 2.24) is 14.7 Å². The first kappa shape index (κ1) is 17.5. The molecule has 3 rings (SSSR count). The summed E-state index contributed by atoms with van der Waals surface area (Å²) >= 11 is 0. The fraction of sp³-hybridized carbons (Fsp3) is 0.474. The molecule has 0 unspecified atom stereocenters. The minimum absolute atomic E-state index is 0.0953. The zero-order chi connectivity index (χ0) is 18.0. The van der Waals surface area contributed by atoms with Gasteiger partial charge in [0, 0.05) is 49.8 Å². The van der Waals surface area contributed by atoms with Crippen molar-refractivity contribution in [3.8, 4) is 0 Å². The summed E-state index contributed by atoms with van der Waals surface area (Å²) in [6, 6.07) is 8.10. The number of amides is 1. The number of nitrogens with zero attached hydrogens (tertiary/aromatic N) is 4. The molecule has 1 saturated heterocycles. The van der Waals surface area contributed by atoms with Crippen molar-refractivity contribution in [2.45, 2.75) is 27.3 Å². The van der Waals surface area contributed by atoms with E-state index in [0.29, 0.717) is 5.56 Å². The number of carbonyl (C=O) groups is 1. The normalized spacial score (nSPS) is 15.4. The van der Waals surface area contributed by atoms with E-state index in [9.17, 15) is 4.79 Å². The Hall–Kier alpha value is -2.34. The van der Waals surface area contributed by atoms with Crippen LogP contribution in [0, 0.1) is 13.8 Å². The van der Waals surface area contributed by atoms with E-state index in [-0.39, 0.29) is 5.91 Å². The maximum Gasteiger partial charge on any atom is 0.259 e. The van der Waals surface area contributed by atoms with Crippen molar-refractivity contribution in [1.29, 1.82) is 0 Å². The lowest BCUT2D eigenvalue weighted by atomic mass is 10.1. The van der Waals surface area contributed by atoms with E-state index in [4.69, 9.17) is 0 Å². The number of benzene rings is 1. The fourth-order valence-electron chi connectivity index (χ4n) is 3.35. The summed E-state index contributed by atoms with van der Waals surface area (Å²) in [7, 11) is 2.15. The van der Waals surface area contributed by atoms with Gasteiger partial charge in [-0.1, -0.05) is 0 Å². The summed E-state index contributed by atoms with van der Waals surface area (Å²) in [5, 5.41) is 7.41. The molecule has 0 aliphatic carbocycles. The highest BCUT2D eigenvalue weighted by Gasteiger charge is 2.18. The quantitative estimate of drug-likeness (QED) is 0.928. The highest BCUT2D eigenvalue weighted by Crippen LogP contribution is 2.21. The summed E-state index contributed by atoms with van der Waals surface area (Å²) < 4.78 is 1.86. The van der Waals surface area contributed by atoms with E-state index in [2.05, 4.69) is 39.4 Å². The molecule has 134 valence electrons. The number of aryl methyl sites for hydroxylation is 2. The van der Waals surface area contributed by atoms with Gasteiger partial charge in [-0.25, -0.2) is 0 Å². The minimum atomic E-state index is -0.0953. The number of piperazine rings is 1. The molecule has 1 N–H and O–H groups in total. The molecule has 2 aromatic rings. The van der Waals surface area contributed by atoms with Gasteiger partial charge in [0.2, 0.25) is 0 Å². The second-order valence-electron chi connectivity index (χ2n) is 6.65. The highest BCUT2D eigenvalue weighted by atomic mass is 16.1. The van der Waals surface area contributed by atoms with Crippen LogP contribution in [0.2, 0.25) is 0 Å². The Morgan fingerprint density at radius 2 is 1.76 bits per heavy atom. The second-order valence-corrected chi connectivity index (χ2v) is 6.65. The topological polar surface area (TPSA) is 53.4 Å². The highest BCUT2D eigenvalue weighted by molar-refractivity contribution is 6.05. The molecule has 0 spiro atoms. The van der Waals surface area contributed by atoms with Crippen LogP contribution in [0.25, 0.3) is 0 Å². The van der Waals surface area contributed by atoms with Crippen LogP contribution in [0.5, 0.6) is 0 Å². The largest absolute Gasteiger partial charge is 0.369 e. The predicted molar refractivity (Wildman–Crippen MR) is 101 cm³/mol. The Kier molecular flexibility index (Phi) is 5.08. The van der Waals surface area contributed by atoms with Crippen LogP contribution in [0.1, 0.15) is 28.7 Å². The van der Waals surface area contributed by atoms with Crippen molar-refractivity contribution in [2.75, 3.05) is 43.4 Å². The Morgan fingerprint density at radius 3 is 2.32 bits per heavy atom. The smallest absolute Gasteiger partial charge is 0.259 e. The molecule has 1 amide bonds. The van der Waals surface area contributed by atoms with Gasteiger partial charge in [-0.3, -0.25) is 9.48 Å². The molecule has 1 aromatic carbocycles. The molecule has 2 heterocycles. The van der Waals surface area contributed by atoms with Crippen LogP contribution >= 0.6 is 0 Å². The van der Waals surface area contributed by atoms with Crippen molar-refractivity contribution in [2.24, 2.45) is 0 Å². The molecule has 0 saturated carbocycles. The summed E-state index contributed by atoms with van der Waals surface area (Å²) in [5.41, 5.74) is 4.37. The maximum atomic E-state index is 12.6. The first-order valence-corrected chi connectivity index (χ1v) is 8.88. The van der Waals surface area contributed by atoms with E-state index in [0.717, 1.165) is 49.8 Å². The summed E-state index contributed by atoms with van der Waals surface area (Å²) in [4.78, 5) is 17.3. The Labute approximate surface area is 149 Å².